The average Bonchev–Trinajstić information content (AvgIpc) is 2.94. The fourth-order valence-corrected chi connectivity index (χ4v) is 3.67. The van der Waals surface area contributed by atoms with Gasteiger partial charge in [-0.25, -0.2) is 4.98 Å². The summed E-state index contributed by atoms with van der Waals surface area (Å²) in [7, 11) is 0. The molecule has 0 bridgehead atoms. The van der Waals surface area contributed by atoms with Gasteiger partial charge in [0.05, 0.1) is 18.8 Å². The summed E-state index contributed by atoms with van der Waals surface area (Å²) in [5.74, 6) is -0.398. The van der Waals surface area contributed by atoms with Crippen LogP contribution in [0.3, 0.4) is 0 Å². The molecule has 1 aromatic heterocycles. The zero-order valence-corrected chi connectivity index (χ0v) is 15.0. The summed E-state index contributed by atoms with van der Waals surface area (Å²) in [5.41, 5.74) is 7.16. The molecule has 3 N–H and O–H groups in total. The van der Waals surface area contributed by atoms with E-state index in [0.29, 0.717) is 5.56 Å². The predicted octanol–water partition coefficient (Wildman–Crippen LogP) is 2.46. The number of anilines is 2. The summed E-state index contributed by atoms with van der Waals surface area (Å²) in [5, 5.41) is 2.26. The first-order valence-corrected chi connectivity index (χ1v) is 8.95. The van der Waals surface area contributed by atoms with E-state index in [1.165, 1.54) is 0 Å². The van der Waals surface area contributed by atoms with Crippen molar-refractivity contribution < 1.29 is 13.9 Å². The maximum absolute atomic E-state index is 14.3. The van der Waals surface area contributed by atoms with Crippen molar-refractivity contribution in [2.45, 2.75) is 26.1 Å². The van der Waals surface area contributed by atoms with Crippen LogP contribution < -0.4 is 16.0 Å². The number of benzene rings is 1. The smallest absolute Gasteiger partial charge is 0.239 e. The van der Waals surface area contributed by atoms with Crippen LogP contribution in [0.4, 0.5) is 15.2 Å². The highest BCUT2D eigenvalue weighted by Crippen LogP contribution is 2.32. The second-order valence-corrected chi connectivity index (χ2v) is 7.06. The lowest BCUT2D eigenvalue weighted by atomic mass is 10.1. The van der Waals surface area contributed by atoms with Gasteiger partial charge in [-0.3, -0.25) is 4.79 Å². The van der Waals surface area contributed by atoms with Gasteiger partial charge >= 0.3 is 0 Å². The van der Waals surface area contributed by atoms with Crippen molar-refractivity contribution in [3.05, 3.63) is 29.4 Å². The summed E-state index contributed by atoms with van der Waals surface area (Å²) in [6.45, 7) is 5.48. The Kier molecular flexibility index (Phi) is 5.31. The van der Waals surface area contributed by atoms with E-state index in [9.17, 15) is 9.18 Å². The molecule has 1 aromatic carbocycles. The molecule has 1 amide bonds. The Hall–Kier alpha value is -2.03. The van der Waals surface area contributed by atoms with Crippen molar-refractivity contribution in [2.75, 3.05) is 29.9 Å². The average molecular weight is 364 g/mol. The van der Waals surface area contributed by atoms with Gasteiger partial charge in [0.15, 0.2) is 5.13 Å². The number of carbonyl (C=O) groups is 1. The minimum atomic E-state index is -0.437. The fourth-order valence-electron chi connectivity index (χ4n) is 2.94. The fraction of sp³-hybridized carbons (Fsp3) is 0.412. The first kappa shape index (κ1) is 17.8. The molecule has 1 aliphatic rings. The molecule has 2 atom stereocenters. The van der Waals surface area contributed by atoms with Gasteiger partial charge in [-0.15, -0.1) is 0 Å². The maximum Gasteiger partial charge on any atom is 0.239 e. The van der Waals surface area contributed by atoms with E-state index in [2.05, 4.69) is 15.2 Å². The molecule has 0 aliphatic carbocycles. The second kappa shape index (κ2) is 7.47. The molecule has 25 heavy (non-hydrogen) atoms. The van der Waals surface area contributed by atoms with Crippen LogP contribution in [0.25, 0.3) is 11.3 Å². The molecule has 3 rings (SSSR count). The van der Waals surface area contributed by atoms with E-state index in [1.54, 1.807) is 0 Å². The minimum absolute atomic E-state index is 0.140. The molecule has 2 heterocycles. The lowest BCUT2D eigenvalue weighted by molar-refractivity contribution is -0.114. The maximum atomic E-state index is 14.3. The van der Waals surface area contributed by atoms with Crippen molar-refractivity contribution in [1.82, 2.24) is 4.98 Å². The normalized spacial score (nSPS) is 20.6. The molecule has 1 fully saturated rings. The largest absolute Gasteiger partial charge is 0.372 e. The number of halogens is 1. The van der Waals surface area contributed by atoms with Gasteiger partial charge in [0, 0.05) is 24.3 Å². The summed E-state index contributed by atoms with van der Waals surface area (Å²) in [6, 6.07) is 7.60. The molecule has 1 saturated heterocycles. The number of hydrogen-bond donors (Lipinski definition) is 2. The number of aromatic nitrogens is 1. The highest BCUT2D eigenvalue weighted by atomic mass is 32.1. The Morgan fingerprint density at radius 2 is 2.16 bits per heavy atom. The van der Waals surface area contributed by atoms with Crippen molar-refractivity contribution in [2.24, 2.45) is 5.73 Å². The molecule has 8 heteroatoms. The van der Waals surface area contributed by atoms with Crippen molar-refractivity contribution in [3.8, 4) is 11.3 Å². The van der Waals surface area contributed by atoms with E-state index >= 15 is 0 Å². The van der Waals surface area contributed by atoms with E-state index in [1.807, 2.05) is 38.1 Å². The van der Waals surface area contributed by atoms with Crippen LogP contribution >= 0.6 is 11.3 Å². The number of amides is 1. The Bertz CT molecular complexity index is 757. The van der Waals surface area contributed by atoms with Crippen LogP contribution in [0.15, 0.2) is 24.3 Å². The summed E-state index contributed by atoms with van der Waals surface area (Å²) in [6.07, 6.45) is 0.281. The van der Waals surface area contributed by atoms with Crippen LogP contribution in [0.5, 0.6) is 0 Å². The third kappa shape index (κ3) is 4.15. The van der Waals surface area contributed by atoms with Crippen molar-refractivity contribution in [3.63, 3.8) is 0 Å². The van der Waals surface area contributed by atoms with Crippen LogP contribution in [0, 0.1) is 5.13 Å². The second-order valence-electron chi connectivity index (χ2n) is 6.11. The number of nitrogens with zero attached hydrogens (tertiary/aromatic N) is 2. The zero-order valence-electron chi connectivity index (χ0n) is 14.2. The summed E-state index contributed by atoms with van der Waals surface area (Å²) in [4.78, 5) is 17.8. The molecule has 0 radical (unpaired) electrons. The van der Waals surface area contributed by atoms with Crippen LogP contribution in [-0.2, 0) is 9.53 Å². The van der Waals surface area contributed by atoms with Crippen LogP contribution in [0.1, 0.15) is 13.8 Å². The lowest BCUT2D eigenvalue weighted by Gasteiger charge is -2.37. The predicted molar refractivity (Wildman–Crippen MR) is 97.4 cm³/mol. The number of carbonyl (C=O) groups excluding carboxylic acids is 1. The van der Waals surface area contributed by atoms with E-state index in [-0.39, 0.29) is 29.6 Å². The summed E-state index contributed by atoms with van der Waals surface area (Å²) < 4.78 is 20.0. The number of morpholine rings is 1. The topological polar surface area (TPSA) is 80.5 Å². The van der Waals surface area contributed by atoms with Gasteiger partial charge in [-0.1, -0.05) is 23.5 Å². The van der Waals surface area contributed by atoms with Gasteiger partial charge in [-0.2, -0.15) is 4.39 Å². The molecule has 134 valence electrons. The van der Waals surface area contributed by atoms with Crippen LogP contribution in [-0.4, -0.2) is 42.7 Å². The monoisotopic (exact) mass is 364 g/mol. The number of hydrogen-bond acceptors (Lipinski definition) is 6. The Morgan fingerprint density at radius 3 is 2.84 bits per heavy atom. The van der Waals surface area contributed by atoms with Gasteiger partial charge < -0.3 is 20.7 Å². The molecular formula is C17H21FN4O2S. The number of nitrogens with two attached hydrogens (primary N) is 1. The lowest BCUT2D eigenvalue weighted by Crippen LogP contribution is -2.45. The van der Waals surface area contributed by atoms with Gasteiger partial charge in [0.1, 0.15) is 5.69 Å². The molecule has 1 aliphatic heterocycles. The SMILES string of the molecule is C[C@@H]1CN(c2cccc(-c3nc(NC(=O)CN)sc3F)c2)C[C@H](C)O1. The Labute approximate surface area is 149 Å². The van der Waals surface area contributed by atoms with Crippen LogP contribution in [0.2, 0.25) is 0 Å². The molecular weight excluding hydrogens is 343 g/mol. The third-order valence-corrected chi connectivity index (χ3v) is 4.68. The van der Waals surface area contributed by atoms with Gasteiger partial charge in [0.25, 0.3) is 0 Å². The Morgan fingerprint density at radius 1 is 1.44 bits per heavy atom. The highest BCUT2D eigenvalue weighted by Gasteiger charge is 2.23. The number of nitrogens with one attached hydrogen (secondary N) is 1. The van der Waals surface area contributed by atoms with Crippen molar-refractivity contribution in [1.29, 1.82) is 0 Å². The number of ether oxygens (including phenoxy) is 1. The molecule has 2 aromatic rings. The summed E-state index contributed by atoms with van der Waals surface area (Å²) >= 11 is 0.796. The third-order valence-electron chi connectivity index (χ3n) is 3.92. The quantitative estimate of drug-likeness (QED) is 0.871. The van der Waals surface area contributed by atoms with Gasteiger partial charge in [-0.05, 0) is 26.0 Å². The van der Waals surface area contributed by atoms with Gasteiger partial charge in [0.2, 0.25) is 11.0 Å². The first-order valence-electron chi connectivity index (χ1n) is 8.13. The highest BCUT2D eigenvalue weighted by molar-refractivity contribution is 7.14. The van der Waals surface area contributed by atoms with E-state index < -0.39 is 11.0 Å². The van der Waals surface area contributed by atoms with E-state index in [0.717, 1.165) is 30.1 Å². The molecule has 0 spiro atoms. The molecule has 6 nitrogen and oxygen atoms in total. The molecule has 0 unspecified atom stereocenters. The standard InChI is InChI=1S/C17H21FN4O2S/c1-10-8-22(9-11(2)24-10)13-5-3-4-12(6-13)15-16(18)25-17(21-15)20-14(23)7-19/h3-6,10-11H,7-9,19H2,1-2H3,(H,20,21,23)/t10-,11+. The minimum Gasteiger partial charge on any atom is -0.372 e. The molecule has 0 saturated carbocycles. The first-order chi connectivity index (χ1) is 12.0. The van der Waals surface area contributed by atoms with E-state index in [4.69, 9.17) is 10.5 Å². The van der Waals surface area contributed by atoms with Crippen molar-refractivity contribution >= 4 is 28.1 Å². The zero-order chi connectivity index (χ0) is 18.0. The number of thiazole rings is 1. The number of rotatable bonds is 4. The Balaban J connectivity index is 1.85.